The van der Waals surface area contributed by atoms with Crippen LogP contribution in [0.5, 0.6) is 0 Å². The van der Waals surface area contributed by atoms with Gasteiger partial charge >= 0.3 is 0 Å². The lowest BCUT2D eigenvalue weighted by Crippen LogP contribution is -2.14. The van der Waals surface area contributed by atoms with Gasteiger partial charge in [0, 0.05) is 30.9 Å². The van der Waals surface area contributed by atoms with Crippen LogP contribution in [0.2, 0.25) is 0 Å². The highest BCUT2D eigenvalue weighted by Crippen LogP contribution is 2.19. The Labute approximate surface area is 102 Å². The lowest BCUT2D eigenvalue weighted by Gasteiger charge is -2.00. The van der Waals surface area contributed by atoms with Crippen LogP contribution < -0.4 is 5.32 Å². The zero-order valence-corrected chi connectivity index (χ0v) is 10.8. The number of nitrogens with zero attached hydrogens (tertiary/aromatic N) is 2. The van der Waals surface area contributed by atoms with Crippen molar-refractivity contribution in [1.82, 2.24) is 15.1 Å². The molecule has 1 aliphatic rings. The molecule has 0 radical (unpaired) electrons. The summed E-state index contributed by atoms with van der Waals surface area (Å²) in [6.07, 6.45) is 8.08. The molecule has 0 spiro atoms. The van der Waals surface area contributed by atoms with Crippen molar-refractivity contribution in [3.05, 3.63) is 18.0 Å². The van der Waals surface area contributed by atoms with Crippen LogP contribution in [0.3, 0.4) is 0 Å². The number of thioether (sulfide) groups is 1. The normalized spacial score (nSPS) is 15.6. The van der Waals surface area contributed by atoms with Crippen LogP contribution in [0, 0.1) is 0 Å². The molecule has 0 amide bonds. The lowest BCUT2D eigenvalue weighted by atomic mass is 10.3. The van der Waals surface area contributed by atoms with Crippen molar-refractivity contribution in [1.29, 1.82) is 0 Å². The van der Waals surface area contributed by atoms with Gasteiger partial charge < -0.3 is 5.32 Å². The maximum atomic E-state index is 4.38. The van der Waals surface area contributed by atoms with Crippen LogP contribution >= 0.6 is 11.8 Å². The third-order valence-electron chi connectivity index (χ3n) is 2.74. The SMILES string of the molecule is CCSCCCn1cc(CNC2CC2)cn1. The van der Waals surface area contributed by atoms with Gasteiger partial charge in [-0.15, -0.1) is 0 Å². The van der Waals surface area contributed by atoms with E-state index in [4.69, 9.17) is 0 Å². The molecule has 0 saturated heterocycles. The van der Waals surface area contributed by atoms with Crippen molar-refractivity contribution in [3.63, 3.8) is 0 Å². The molecule has 0 atom stereocenters. The Bertz CT molecular complexity index is 307. The van der Waals surface area contributed by atoms with Crippen LogP contribution in [0.25, 0.3) is 0 Å². The Hall–Kier alpha value is -0.480. The predicted molar refractivity (Wildman–Crippen MR) is 69.7 cm³/mol. The molecular formula is C12H21N3S. The maximum absolute atomic E-state index is 4.38. The van der Waals surface area contributed by atoms with E-state index in [-0.39, 0.29) is 0 Å². The Balaban J connectivity index is 1.64. The quantitative estimate of drug-likeness (QED) is 0.706. The van der Waals surface area contributed by atoms with E-state index < -0.39 is 0 Å². The third-order valence-corrected chi connectivity index (χ3v) is 3.72. The Kier molecular flexibility index (Phi) is 4.72. The average molecular weight is 239 g/mol. The summed E-state index contributed by atoms with van der Waals surface area (Å²) in [6.45, 7) is 4.24. The predicted octanol–water partition coefficient (Wildman–Crippen LogP) is 2.28. The second-order valence-corrected chi connectivity index (χ2v) is 5.71. The van der Waals surface area contributed by atoms with Gasteiger partial charge in [0.25, 0.3) is 0 Å². The van der Waals surface area contributed by atoms with Gasteiger partial charge in [0.15, 0.2) is 0 Å². The van der Waals surface area contributed by atoms with Gasteiger partial charge in [0.05, 0.1) is 6.20 Å². The van der Waals surface area contributed by atoms with Crippen molar-refractivity contribution in [2.75, 3.05) is 11.5 Å². The van der Waals surface area contributed by atoms with Crippen LogP contribution in [0.4, 0.5) is 0 Å². The number of nitrogens with one attached hydrogen (secondary N) is 1. The number of aryl methyl sites for hydroxylation is 1. The summed E-state index contributed by atoms with van der Waals surface area (Å²) >= 11 is 2.00. The van der Waals surface area contributed by atoms with Gasteiger partial charge in [0.2, 0.25) is 0 Å². The van der Waals surface area contributed by atoms with Gasteiger partial charge in [-0.25, -0.2) is 0 Å². The highest BCUT2D eigenvalue weighted by Gasteiger charge is 2.20. The zero-order valence-electron chi connectivity index (χ0n) is 9.98. The number of hydrogen-bond donors (Lipinski definition) is 1. The Morgan fingerprint density at radius 3 is 3.19 bits per heavy atom. The summed E-state index contributed by atoms with van der Waals surface area (Å²) in [6, 6.07) is 0.782. The second-order valence-electron chi connectivity index (χ2n) is 4.32. The van der Waals surface area contributed by atoms with E-state index in [1.165, 1.54) is 36.3 Å². The minimum Gasteiger partial charge on any atom is -0.310 e. The standard InChI is InChI=1S/C12H21N3S/c1-2-16-7-3-6-15-10-11(9-14-15)8-13-12-4-5-12/h9-10,12-13H,2-8H2,1H3. The molecule has 1 aromatic heterocycles. The molecule has 0 aromatic carbocycles. The van der Waals surface area contributed by atoms with Crippen LogP contribution in [0.1, 0.15) is 31.7 Å². The first-order valence-corrected chi connectivity index (χ1v) is 7.36. The van der Waals surface area contributed by atoms with E-state index in [0.717, 1.165) is 19.1 Å². The molecule has 4 heteroatoms. The zero-order chi connectivity index (χ0) is 11.2. The molecule has 1 heterocycles. The fourth-order valence-electron chi connectivity index (χ4n) is 1.64. The summed E-state index contributed by atoms with van der Waals surface area (Å²) in [5, 5.41) is 7.88. The Morgan fingerprint density at radius 2 is 2.44 bits per heavy atom. The van der Waals surface area contributed by atoms with Gasteiger partial charge in [-0.1, -0.05) is 6.92 Å². The fourth-order valence-corrected chi connectivity index (χ4v) is 2.26. The molecular weight excluding hydrogens is 218 g/mol. The van der Waals surface area contributed by atoms with Crippen molar-refractivity contribution in [2.24, 2.45) is 0 Å². The highest BCUT2D eigenvalue weighted by molar-refractivity contribution is 7.99. The third kappa shape index (κ3) is 4.18. The number of hydrogen-bond acceptors (Lipinski definition) is 3. The first kappa shape index (κ1) is 12.0. The van der Waals surface area contributed by atoms with E-state index in [9.17, 15) is 0 Å². The maximum Gasteiger partial charge on any atom is 0.0534 e. The van der Waals surface area contributed by atoms with Crippen molar-refractivity contribution in [3.8, 4) is 0 Å². The van der Waals surface area contributed by atoms with Crippen LogP contribution in [0.15, 0.2) is 12.4 Å². The van der Waals surface area contributed by atoms with Crippen molar-refractivity contribution < 1.29 is 0 Å². The molecule has 1 fully saturated rings. The molecule has 0 bridgehead atoms. The number of rotatable bonds is 8. The van der Waals surface area contributed by atoms with Gasteiger partial charge in [-0.2, -0.15) is 16.9 Å². The largest absolute Gasteiger partial charge is 0.310 e. The smallest absolute Gasteiger partial charge is 0.0534 e. The van der Waals surface area contributed by atoms with Crippen LogP contribution in [-0.4, -0.2) is 27.3 Å². The van der Waals surface area contributed by atoms with Crippen molar-refractivity contribution >= 4 is 11.8 Å². The Morgan fingerprint density at radius 1 is 1.56 bits per heavy atom. The second kappa shape index (κ2) is 6.30. The van der Waals surface area contributed by atoms with E-state index in [1.54, 1.807) is 0 Å². The van der Waals surface area contributed by atoms with E-state index in [0.29, 0.717) is 0 Å². The summed E-state index contributed by atoms with van der Waals surface area (Å²) in [5.74, 6) is 2.46. The molecule has 16 heavy (non-hydrogen) atoms. The first-order chi connectivity index (χ1) is 7.88. The van der Waals surface area contributed by atoms with Gasteiger partial charge in [-0.3, -0.25) is 4.68 Å². The summed E-state index contributed by atoms with van der Waals surface area (Å²) in [5.41, 5.74) is 1.31. The molecule has 2 rings (SSSR count). The molecule has 1 aliphatic carbocycles. The molecule has 90 valence electrons. The van der Waals surface area contributed by atoms with Crippen LogP contribution in [-0.2, 0) is 13.1 Å². The summed E-state index contributed by atoms with van der Waals surface area (Å²) < 4.78 is 2.07. The molecule has 0 unspecified atom stereocenters. The average Bonchev–Trinajstić information content (AvgIpc) is 3.02. The topological polar surface area (TPSA) is 29.9 Å². The van der Waals surface area contributed by atoms with E-state index in [2.05, 4.69) is 28.2 Å². The fraction of sp³-hybridized carbons (Fsp3) is 0.750. The molecule has 3 nitrogen and oxygen atoms in total. The summed E-state index contributed by atoms with van der Waals surface area (Å²) in [7, 11) is 0. The highest BCUT2D eigenvalue weighted by atomic mass is 32.2. The minimum atomic E-state index is 0.782. The van der Waals surface area contributed by atoms with Gasteiger partial charge in [0.1, 0.15) is 0 Å². The molecule has 1 N–H and O–H groups in total. The van der Waals surface area contributed by atoms with E-state index >= 15 is 0 Å². The van der Waals surface area contributed by atoms with E-state index in [1.807, 2.05) is 18.0 Å². The molecule has 1 aromatic rings. The van der Waals surface area contributed by atoms with Crippen molar-refractivity contribution in [2.45, 2.75) is 45.3 Å². The molecule has 1 saturated carbocycles. The van der Waals surface area contributed by atoms with Gasteiger partial charge in [-0.05, 0) is 30.8 Å². The first-order valence-electron chi connectivity index (χ1n) is 6.21. The monoisotopic (exact) mass is 239 g/mol. The molecule has 0 aliphatic heterocycles. The minimum absolute atomic E-state index is 0.782. The number of aromatic nitrogens is 2. The lowest BCUT2D eigenvalue weighted by molar-refractivity contribution is 0.604. The summed E-state index contributed by atoms with van der Waals surface area (Å²) in [4.78, 5) is 0.